The first-order chi connectivity index (χ1) is 17.7. The summed E-state index contributed by atoms with van der Waals surface area (Å²) in [7, 11) is 0. The van der Waals surface area contributed by atoms with Gasteiger partial charge in [0.05, 0.1) is 12.2 Å². The molecule has 4 rings (SSSR count). The number of nitrogens with one attached hydrogen (secondary N) is 1. The first-order valence-electron chi connectivity index (χ1n) is 11.2. The first kappa shape index (κ1) is 25.6. The van der Waals surface area contributed by atoms with Crippen molar-refractivity contribution >= 4 is 23.3 Å². The molecule has 0 aliphatic carbocycles. The number of pyridine rings is 1. The number of H-pyrrole nitrogens is 1. The van der Waals surface area contributed by atoms with E-state index in [-0.39, 0.29) is 41.7 Å². The quantitative estimate of drug-likeness (QED) is 0.360. The molecule has 37 heavy (non-hydrogen) atoms. The van der Waals surface area contributed by atoms with Crippen molar-refractivity contribution < 1.29 is 19.0 Å². The van der Waals surface area contributed by atoms with Gasteiger partial charge in [-0.15, -0.1) is 0 Å². The molecule has 190 valence electrons. The predicted octanol–water partition coefficient (Wildman–Crippen LogP) is 3.71. The zero-order chi connectivity index (χ0) is 26.5. The average Bonchev–Trinajstić information content (AvgIpc) is 2.87. The maximum absolute atomic E-state index is 14.8. The van der Waals surface area contributed by atoms with Gasteiger partial charge >= 0.3 is 17.3 Å². The molecule has 0 bridgehead atoms. The Balaban J connectivity index is 1.74. The lowest BCUT2D eigenvalue weighted by Crippen LogP contribution is -2.50. The van der Waals surface area contributed by atoms with Crippen LogP contribution in [-0.2, 0) is 13.1 Å². The molecule has 4 aromatic rings. The summed E-state index contributed by atoms with van der Waals surface area (Å²) >= 11 is 5.96. The molecule has 0 radical (unpaired) electrons. The lowest BCUT2D eigenvalue weighted by Gasteiger charge is -2.11. The van der Waals surface area contributed by atoms with Crippen LogP contribution in [0.1, 0.15) is 29.4 Å². The lowest BCUT2D eigenvalue weighted by atomic mass is 10.2. The number of hydrogen-bond acceptors (Lipinski definition) is 6. The van der Waals surface area contributed by atoms with Crippen LogP contribution < -0.4 is 21.7 Å². The second-order valence-electron chi connectivity index (χ2n) is 7.90. The highest BCUT2D eigenvalue weighted by molar-refractivity contribution is 6.30. The van der Waals surface area contributed by atoms with Gasteiger partial charge in [0, 0.05) is 23.7 Å². The number of aromatic carboxylic acids is 1. The number of carboxylic acids is 1. The van der Waals surface area contributed by atoms with Crippen LogP contribution in [0, 0.1) is 5.82 Å². The van der Waals surface area contributed by atoms with Crippen LogP contribution in [0.5, 0.6) is 11.6 Å². The Hall–Kier alpha value is -4.51. The SMILES string of the molecule is CCCn1c(=O)[nH]/c(=N\c2ccc(Oc3cccc(C(=O)O)n3)c(F)c2)n(Cc2ccc(Cl)cc2)c1=O. The van der Waals surface area contributed by atoms with Crippen molar-refractivity contribution in [1.82, 2.24) is 19.1 Å². The highest BCUT2D eigenvalue weighted by atomic mass is 35.5. The Morgan fingerprint density at radius 1 is 1.14 bits per heavy atom. The van der Waals surface area contributed by atoms with E-state index in [4.69, 9.17) is 21.4 Å². The number of carboxylic acid groups (broad SMARTS) is 1. The van der Waals surface area contributed by atoms with E-state index in [1.165, 1.54) is 34.9 Å². The zero-order valence-electron chi connectivity index (χ0n) is 19.5. The van der Waals surface area contributed by atoms with Crippen LogP contribution in [0.2, 0.25) is 5.02 Å². The molecule has 0 amide bonds. The summed E-state index contributed by atoms with van der Waals surface area (Å²) in [5.41, 5.74) is -0.682. The number of aromatic nitrogens is 4. The largest absolute Gasteiger partial charge is 0.477 e. The van der Waals surface area contributed by atoms with Crippen molar-refractivity contribution in [2.24, 2.45) is 4.99 Å². The van der Waals surface area contributed by atoms with Crippen molar-refractivity contribution in [2.75, 3.05) is 0 Å². The smallest absolute Gasteiger partial charge is 0.354 e. The molecule has 2 N–H and O–H groups in total. The number of aromatic amines is 1. The van der Waals surface area contributed by atoms with E-state index in [1.807, 2.05) is 6.92 Å². The van der Waals surface area contributed by atoms with Gasteiger partial charge in [-0.25, -0.2) is 33.3 Å². The second kappa shape index (κ2) is 11.0. The topological polar surface area (TPSA) is 132 Å². The van der Waals surface area contributed by atoms with Gasteiger partial charge in [-0.1, -0.05) is 36.7 Å². The third-order valence-corrected chi connectivity index (χ3v) is 5.44. The summed E-state index contributed by atoms with van der Waals surface area (Å²) in [6.07, 6.45) is 0.567. The van der Waals surface area contributed by atoms with Gasteiger partial charge < -0.3 is 9.84 Å². The molecule has 0 aliphatic heterocycles. The third kappa shape index (κ3) is 6.01. The van der Waals surface area contributed by atoms with E-state index >= 15 is 0 Å². The zero-order valence-corrected chi connectivity index (χ0v) is 20.3. The first-order valence-corrected chi connectivity index (χ1v) is 11.5. The minimum atomic E-state index is -1.25. The molecule has 0 saturated heterocycles. The fraction of sp³-hybridized carbons (Fsp3) is 0.160. The number of halogens is 2. The van der Waals surface area contributed by atoms with Gasteiger partial charge in [0.1, 0.15) is 0 Å². The Morgan fingerprint density at radius 2 is 1.89 bits per heavy atom. The normalized spacial score (nSPS) is 11.5. The maximum atomic E-state index is 14.8. The average molecular weight is 526 g/mol. The number of benzene rings is 2. The molecule has 2 aromatic carbocycles. The summed E-state index contributed by atoms with van der Waals surface area (Å²) in [6.45, 7) is 2.14. The van der Waals surface area contributed by atoms with Gasteiger partial charge in [0.2, 0.25) is 11.5 Å². The van der Waals surface area contributed by atoms with Crippen LogP contribution in [0.4, 0.5) is 10.1 Å². The third-order valence-electron chi connectivity index (χ3n) is 5.19. The molecule has 0 aliphatic rings. The van der Waals surface area contributed by atoms with E-state index in [2.05, 4.69) is 15.0 Å². The monoisotopic (exact) mass is 525 g/mol. The fourth-order valence-corrected chi connectivity index (χ4v) is 3.57. The van der Waals surface area contributed by atoms with Crippen LogP contribution in [-0.4, -0.2) is 30.2 Å². The van der Waals surface area contributed by atoms with Gasteiger partial charge in [0.15, 0.2) is 17.3 Å². The Kier molecular flexibility index (Phi) is 7.63. The fourth-order valence-electron chi connectivity index (χ4n) is 3.45. The molecule has 0 atom stereocenters. The van der Waals surface area contributed by atoms with Gasteiger partial charge in [-0.3, -0.25) is 9.55 Å². The standard InChI is InChI=1S/C25H21ClFN5O5/c1-2-12-31-24(35)30-23(32(25(31)36)14-15-6-8-16(26)9-7-15)28-17-10-11-20(18(27)13-17)37-21-5-3-4-19(29-21)22(33)34/h3-11,13H,2,12,14H2,1H3,(H,33,34)(H,28,30,35). The summed E-state index contributed by atoms with van der Waals surface area (Å²) in [4.78, 5) is 47.5. The number of carbonyl (C=O) groups is 1. The summed E-state index contributed by atoms with van der Waals surface area (Å²) < 4.78 is 22.6. The minimum absolute atomic E-state index is 0.0683. The Bertz CT molecular complexity index is 1640. The predicted molar refractivity (Wildman–Crippen MR) is 133 cm³/mol. The molecule has 10 nitrogen and oxygen atoms in total. The van der Waals surface area contributed by atoms with E-state index < -0.39 is 23.2 Å². The van der Waals surface area contributed by atoms with Crippen molar-refractivity contribution in [1.29, 1.82) is 0 Å². The molecule has 0 spiro atoms. The van der Waals surface area contributed by atoms with Gasteiger partial charge in [0.25, 0.3) is 0 Å². The summed E-state index contributed by atoms with van der Waals surface area (Å²) in [6, 6.07) is 14.7. The highest BCUT2D eigenvalue weighted by Crippen LogP contribution is 2.26. The summed E-state index contributed by atoms with van der Waals surface area (Å²) in [5, 5.41) is 9.59. The van der Waals surface area contributed by atoms with Crippen LogP contribution in [0.3, 0.4) is 0 Å². The van der Waals surface area contributed by atoms with E-state index in [9.17, 15) is 18.8 Å². The van der Waals surface area contributed by atoms with E-state index in [0.29, 0.717) is 11.4 Å². The van der Waals surface area contributed by atoms with Gasteiger partial charge in [-0.2, -0.15) is 0 Å². The second-order valence-corrected chi connectivity index (χ2v) is 8.33. The molecule has 0 saturated carbocycles. The molecular weight excluding hydrogens is 505 g/mol. The summed E-state index contributed by atoms with van der Waals surface area (Å²) in [5.74, 6) is -2.38. The van der Waals surface area contributed by atoms with Crippen LogP contribution in [0.25, 0.3) is 0 Å². The van der Waals surface area contributed by atoms with Crippen molar-refractivity contribution in [3.63, 3.8) is 0 Å². The number of hydrogen-bond donors (Lipinski definition) is 2. The van der Waals surface area contributed by atoms with E-state index in [1.54, 1.807) is 24.3 Å². The Morgan fingerprint density at radius 3 is 2.57 bits per heavy atom. The van der Waals surface area contributed by atoms with Gasteiger partial charge in [-0.05, 0) is 42.3 Å². The van der Waals surface area contributed by atoms with Crippen molar-refractivity contribution in [2.45, 2.75) is 26.4 Å². The van der Waals surface area contributed by atoms with E-state index in [0.717, 1.165) is 16.2 Å². The highest BCUT2D eigenvalue weighted by Gasteiger charge is 2.12. The molecule has 2 heterocycles. The molecular formula is C25H21ClFN5O5. The number of nitrogens with zero attached hydrogens (tertiary/aromatic N) is 4. The molecule has 12 heteroatoms. The minimum Gasteiger partial charge on any atom is -0.477 e. The lowest BCUT2D eigenvalue weighted by molar-refractivity contribution is 0.0689. The van der Waals surface area contributed by atoms with Crippen LogP contribution >= 0.6 is 11.6 Å². The number of rotatable bonds is 8. The Labute approximate surface area is 213 Å². The molecule has 0 unspecified atom stereocenters. The maximum Gasteiger partial charge on any atom is 0.354 e. The molecule has 2 aromatic heterocycles. The number of ether oxygens (including phenoxy) is 1. The van der Waals surface area contributed by atoms with Crippen LogP contribution in [0.15, 0.2) is 75.2 Å². The van der Waals surface area contributed by atoms with Crippen molar-refractivity contribution in [3.05, 3.63) is 109 Å². The molecule has 0 fully saturated rings. The van der Waals surface area contributed by atoms with Crippen molar-refractivity contribution in [3.8, 4) is 11.6 Å².